The Bertz CT molecular complexity index is 3410. The Morgan fingerprint density at radius 1 is 0.250 bits per heavy atom. The first kappa shape index (κ1) is 37.5. The maximum absolute atomic E-state index is 2.44. The molecule has 0 saturated heterocycles. The fourth-order valence-corrected chi connectivity index (χ4v) is 10.4. The molecule has 0 aromatic heterocycles. The Kier molecular flexibility index (Phi) is 9.13. The van der Waals surface area contributed by atoms with Crippen LogP contribution in [0.15, 0.2) is 261 Å². The molecule has 0 heterocycles. The molecule has 1 nitrogen and oxygen atoms in total. The lowest BCUT2D eigenvalue weighted by Crippen LogP contribution is -2.28. The molecule has 0 bridgehead atoms. The zero-order chi connectivity index (χ0) is 42.5. The van der Waals surface area contributed by atoms with Crippen LogP contribution in [0.1, 0.15) is 22.3 Å². The van der Waals surface area contributed by atoms with Gasteiger partial charge in [0.25, 0.3) is 0 Å². The van der Waals surface area contributed by atoms with E-state index < -0.39 is 5.41 Å². The number of hydrogen-bond acceptors (Lipinski definition) is 1. The second-order valence-corrected chi connectivity index (χ2v) is 16.8. The fourth-order valence-electron chi connectivity index (χ4n) is 10.4. The van der Waals surface area contributed by atoms with E-state index in [9.17, 15) is 0 Å². The van der Waals surface area contributed by atoms with Crippen molar-refractivity contribution in [2.75, 3.05) is 4.90 Å². The summed E-state index contributed by atoms with van der Waals surface area (Å²) in [5.41, 5.74) is 17.8. The second kappa shape index (κ2) is 15.6. The predicted octanol–water partition coefficient (Wildman–Crippen LogP) is 16.8. The molecule has 0 N–H and O–H groups in total. The lowest BCUT2D eigenvalue weighted by Gasteiger charge is -2.34. The van der Waals surface area contributed by atoms with E-state index in [4.69, 9.17) is 0 Å². The summed E-state index contributed by atoms with van der Waals surface area (Å²) in [6.45, 7) is 0. The molecule has 0 fully saturated rings. The number of benzene rings is 11. The molecule has 11 aromatic rings. The van der Waals surface area contributed by atoms with Gasteiger partial charge in [-0.3, -0.25) is 0 Å². The third-order valence-electron chi connectivity index (χ3n) is 13.4. The van der Waals surface area contributed by atoms with Gasteiger partial charge in [0, 0.05) is 17.1 Å². The van der Waals surface area contributed by atoms with Gasteiger partial charge in [-0.25, -0.2) is 0 Å². The molecule has 1 aliphatic rings. The highest BCUT2D eigenvalue weighted by atomic mass is 15.1. The average molecular weight is 814 g/mol. The van der Waals surface area contributed by atoms with Crippen LogP contribution in [0.4, 0.5) is 17.1 Å². The van der Waals surface area contributed by atoms with Crippen LogP contribution in [0.2, 0.25) is 0 Å². The zero-order valence-corrected chi connectivity index (χ0v) is 35.3. The Morgan fingerprint density at radius 3 is 1.31 bits per heavy atom. The second-order valence-electron chi connectivity index (χ2n) is 16.8. The van der Waals surface area contributed by atoms with Crippen molar-refractivity contribution in [3.8, 4) is 44.5 Å². The SMILES string of the molecule is c1ccc(-c2ccc(N(c3ccc(-c4ccc5c(c4)C(c4ccccc4)(c4ccccc4)c4ccccc4-5)cc3)c3ccc(-c4cc5ccccc5c5ccccc45)cc3)cc2)cc1. The lowest BCUT2D eigenvalue weighted by molar-refractivity contribution is 0.769. The fraction of sp³-hybridized carbons (Fsp3) is 0.0159. The van der Waals surface area contributed by atoms with Crippen LogP contribution in [0.5, 0.6) is 0 Å². The molecule has 300 valence electrons. The van der Waals surface area contributed by atoms with Crippen LogP contribution in [-0.2, 0) is 5.41 Å². The molecule has 1 aliphatic carbocycles. The Labute approximate surface area is 374 Å². The first-order chi connectivity index (χ1) is 31.7. The van der Waals surface area contributed by atoms with Gasteiger partial charge in [-0.1, -0.05) is 212 Å². The van der Waals surface area contributed by atoms with Crippen molar-refractivity contribution in [3.05, 3.63) is 283 Å². The number of fused-ring (bicyclic) bond motifs is 6. The van der Waals surface area contributed by atoms with Crippen LogP contribution in [-0.4, -0.2) is 0 Å². The minimum atomic E-state index is -0.446. The van der Waals surface area contributed by atoms with Crippen LogP contribution in [0.25, 0.3) is 66.1 Å². The largest absolute Gasteiger partial charge is 0.311 e. The Hall–Kier alpha value is -8.26. The summed E-state index contributed by atoms with van der Waals surface area (Å²) in [7, 11) is 0. The first-order valence-electron chi connectivity index (χ1n) is 22.2. The van der Waals surface area contributed by atoms with Gasteiger partial charge >= 0.3 is 0 Å². The summed E-state index contributed by atoms with van der Waals surface area (Å²) in [4.78, 5) is 2.37. The van der Waals surface area contributed by atoms with Crippen LogP contribution in [0, 0.1) is 0 Å². The third kappa shape index (κ3) is 6.16. The van der Waals surface area contributed by atoms with Gasteiger partial charge in [-0.2, -0.15) is 0 Å². The van der Waals surface area contributed by atoms with Crippen LogP contribution < -0.4 is 4.90 Å². The van der Waals surface area contributed by atoms with E-state index in [0.29, 0.717) is 0 Å². The molecule has 11 aromatic carbocycles. The smallest absolute Gasteiger partial charge is 0.0713 e. The van der Waals surface area contributed by atoms with Crippen molar-refractivity contribution < 1.29 is 0 Å². The van der Waals surface area contributed by atoms with E-state index in [-0.39, 0.29) is 0 Å². The highest BCUT2D eigenvalue weighted by Crippen LogP contribution is 2.56. The Balaban J connectivity index is 0.958. The molecular weight excluding hydrogens is 771 g/mol. The maximum atomic E-state index is 2.44. The van der Waals surface area contributed by atoms with E-state index in [1.54, 1.807) is 0 Å². The van der Waals surface area contributed by atoms with Crippen LogP contribution in [0.3, 0.4) is 0 Å². The molecule has 0 atom stereocenters. The molecule has 0 saturated carbocycles. The number of hydrogen-bond donors (Lipinski definition) is 0. The van der Waals surface area contributed by atoms with Gasteiger partial charge in [0.05, 0.1) is 5.41 Å². The molecule has 0 aliphatic heterocycles. The first-order valence-corrected chi connectivity index (χ1v) is 22.2. The minimum Gasteiger partial charge on any atom is -0.311 e. The van der Waals surface area contributed by atoms with E-state index in [1.807, 2.05) is 0 Å². The molecule has 0 spiro atoms. The van der Waals surface area contributed by atoms with Gasteiger partial charge in [0.15, 0.2) is 0 Å². The average Bonchev–Trinajstić information content (AvgIpc) is 3.68. The monoisotopic (exact) mass is 813 g/mol. The quantitative estimate of drug-likeness (QED) is 0.138. The minimum absolute atomic E-state index is 0.446. The van der Waals surface area contributed by atoms with E-state index >= 15 is 0 Å². The van der Waals surface area contributed by atoms with Gasteiger partial charge < -0.3 is 4.90 Å². The normalized spacial score (nSPS) is 12.5. The van der Waals surface area contributed by atoms with Crippen LogP contribution >= 0.6 is 0 Å². The molecule has 64 heavy (non-hydrogen) atoms. The van der Waals surface area contributed by atoms with E-state index in [0.717, 1.165) is 17.1 Å². The number of rotatable bonds is 8. The van der Waals surface area contributed by atoms with Gasteiger partial charge in [0.1, 0.15) is 0 Å². The lowest BCUT2D eigenvalue weighted by atomic mass is 9.67. The maximum Gasteiger partial charge on any atom is 0.0713 e. The van der Waals surface area contributed by atoms with Gasteiger partial charge in [-0.05, 0) is 137 Å². The molecular formula is C63H43N. The number of nitrogens with zero attached hydrogens (tertiary/aromatic N) is 1. The summed E-state index contributed by atoms with van der Waals surface area (Å²) in [6.07, 6.45) is 0. The van der Waals surface area contributed by atoms with Crippen molar-refractivity contribution in [2.24, 2.45) is 0 Å². The van der Waals surface area contributed by atoms with Gasteiger partial charge in [0.2, 0.25) is 0 Å². The van der Waals surface area contributed by atoms with Gasteiger partial charge in [-0.15, -0.1) is 0 Å². The van der Waals surface area contributed by atoms with Crippen molar-refractivity contribution >= 4 is 38.6 Å². The summed E-state index contributed by atoms with van der Waals surface area (Å²) >= 11 is 0. The molecule has 12 rings (SSSR count). The molecule has 0 amide bonds. The predicted molar refractivity (Wildman–Crippen MR) is 270 cm³/mol. The van der Waals surface area contributed by atoms with Crippen molar-refractivity contribution in [2.45, 2.75) is 5.41 Å². The summed E-state index contributed by atoms with van der Waals surface area (Å²) < 4.78 is 0. The third-order valence-corrected chi connectivity index (χ3v) is 13.4. The summed E-state index contributed by atoms with van der Waals surface area (Å²) in [5, 5.41) is 5.07. The zero-order valence-electron chi connectivity index (χ0n) is 35.3. The standard InChI is InChI=1S/C63H43N/c1-4-16-44(17-5-1)45-28-35-52(36-29-45)64(54-39-32-47(33-40-54)60-42-49-18-10-11-23-55(49)56-24-12-13-25-57(56)60)53-37-30-46(31-38-53)48-34-41-59-58-26-14-15-27-61(58)63(62(59)43-48,50-19-6-2-7-20-50)51-21-8-3-9-22-51/h1-43H. The molecule has 0 unspecified atom stereocenters. The molecule has 0 radical (unpaired) electrons. The van der Waals surface area contributed by atoms with Crippen molar-refractivity contribution in [1.29, 1.82) is 0 Å². The van der Waals surface area contributed by atoms with E-state index in [1.165, 1.54) is 88.3 Å². The van der Waals surface area contributed by atoms with E-state index in [2.05, 4.69) is 266 Å². The summed E-state index contributed by atoms with van der Waals surface area (Å²) in [6, 6.07) is 95.7. The van der Waals surface area contributed by atoms with Crippen molar-refractivity contribution in [3.63, 3.8) is 0 Å². The topological polar surface area (TPSA) is 3.24 Å². The highest BCUT2D eigenvalue weighted by molar-refractivity contribution is 6.13. The molecule has 1 heteroatoms. The van der Waals surface area contributed by atoms with Crippen molar-refractivity contribution in [1.82, 2.24) is 0 Å². The summed E-state index contributed by atoms with van der Waals surface area (Å²) in [5.74, 6) is 0. The Morgan fingerprint density at radius 2 is 0.688 bits per heavy atom. The highest BCUT2D eigenvalue weighted by Gasteiger charge is 2.46. The number of anilines is 3.